The molecule has 0 aliphatic carbocycles. The minimum atomic E-state index is -0.0812. The lowest BCUT2D eigenvalue weighted by molar-refractivity contribution is 0.603. The normalized spacial score (nSPS) is 13.9. The number of rotatable bonds is 0. The number of hydrogen-bond donors (Lipinski definition) is 0. The molecule has 3 aromatic rings. The van der Waals surface area contributed by atoms with Crippen LogP contribution >= 0.6 is 15.9 Å². The quantitative estimate of drug-likeness (QED) is 0.560. The number of benzene rings is 3. The average Bonchev–Trinajstić information content (AvgIpc) is 2.95. The van der Waals surface area contributed by atoms with Crippen LogP contribution in [0, 0.1) is 0 Å². The molecule has 4 heteroatoms. The van der Waals surface area contributed by atoms with Crippen LogP contribution in [0.15, 0.2) is 71.2 Å². The maximum atomic E-state index is 6.24. The Balaban J connectivity index is 1.85. The average molecular weight is 348 g/mol. The molecular formula is C18H11BBrNO. The molecule has 5 rings (SSSR count). The van der Waals surface area contributed by atoms with Crippen LogP contribution in [0.25, 0.3) is 11.1 Å². The van der Waals surface area contributed by atoms with E-state index in [1.807, 2.05) is 12.1 Å². The fourth-order valence-electron chi connectivity index (χ4n) is 3.41. The van der Waals surface area contributed by atoms with Crippen LogP contribution in [-0.4, -0.2) is 7.05 Å². The molecule has 0 aromatic heterocycles. The Bertz CT molecular complexity index is 911. The Morgan fingerprint density at radius 3 is 2.59 bits per heavy atom. The standard InChI is InChI=1S/C18H11BBrNO/c20-12-9-10-16-14(11-12)13-5-1-2-6-15(13)19-21(16)17-7-3-4-8-18(17)22-19/h1-11H. The summed E-state index contributed by atoms with van der Waals surface area (Å²) < 4.78 is 7.33. The first kappa shape index (κ1) is 12.4. The van der Waals surface area contributed by atoms with Gasteiger partial charge in [0.1, 0.15) is 5.75 Å². The molecule has 2 nitrogen and oxygen atoms in total. The SMILES string of the molecule is Brc1ccc2c(c1)-c1ccccc1B1Oc3ccccc3N12. The van der Waals surface area contributed by atoms with Crippen molar-refractivity contribution in [1.82, 2.24) is 0 Å². The van der Waals surface area contributed by atoms with Gasteiger partial charge in [0.25, 0.3) is 0 Å². The van der Waals surface area contributed by atoms with E-state index in [2.05, 4.69) is 75.3 Å². The second-order valence-electron chi connectivity index (χ2n) is 5.56. The van der Waals surface area contributed by atoms with Gasteiger partial charge in [-0.1, -0.05) is 52.3 Å². The first-order valence-corrected chi connectivity index (χ1v) is 8.06. The van der Waals surface area contributed by atoms with Crippen molar-refractivity contribution in [3.63, 3.8) is 0 Å². The van der Waals surface area contributed by atoms with Crippen LogP contribution in [0.5, 0.6) is 5.75 Å². The predicted molar refractivity (Wildman–Crippen MR) is 94.2 cm³/mol. The molecule has 104 valence electrons. The van der Waals surface area contributed by atoms with Gasteiger partial charge in [0.15, 0.2) is 0 Å². The van der Waals surface area contributed by atoms with Crippen LogP contribution in [-0.2, 0) is 0 Å². The van der Waals surface area contributed by atoms with Gasteiger partial charge in [0.05, 0.1) is 5.69 Å². The third kappa shape index (κ3) is 1.56. The maximum Gasteiger partial charge on any atom is 0.524 e. The summed E-state index contributed by atoms with van der Waals surface area (Å²) in [4.78, 5) is 2.29. The summed E-state index contributed by atoms with van der Waals surface area (Å²) in [5.74, 6) is 0.943. The first-order valence-electron chi connectivity index (χ1n) is 7.27. The third-order valence-corrected chi connectivity index (χ3v) is 4.83. The van der Waals surface area contributed by atoms with Crippen molar-refractivity contribution in [2.75, 3.05) is 4.81 Å². The number of para-hydroxylation sites is 2. The van der Waals surface area contributed by atoms with E-state index < -0.39 is 0 Å². The summed E-state index contributed by atoms with van der Waals surface area (Å²) in [5, 5.41) is 0. The topological polar surface area (TPSA) is 12.5 Å². The highest BCUT2D eigenvalue weighted by Crippen LogP contribution is 2.47. The van der Waals surface area contributed by atoms with Gasteiger partial charge < -0.3 is 9.47 Å². The van der Waals surface area contributed by atoms with Crippen LogP contribution < -0.4 is 14.9 Å². The second-order valence-corrected chi connectivity index (χ2v) is 6.47. The highest BCUT2D eigenvalue weighted by Gasteiger charge is 2.44. The van der Waals surface area contributed by atoms with E-state index in [9.17, 15) is 0 Å². The van der Waals surface area contributed by atoms with Crippen molar-refractivity contribution in [3.8, 4) is 16.9 Å². The van der Waals surface area contributed by atoms with Gasteiger partial charge in [0.2, 0.25) is 0 Å². The van der Waals surface area contributed by atoms with E-state index in [1.54, 1.807) is 0 Å². The van der Waals surface area contributed by atoms with Gasteiger partial charge in [0, 0.05) is 15.7 Å². The van der Waals surface area contributed by atoms with Gasteiger partial charge in [-0.15, -0.1) is 0 Å². The van der Waals surface area contributed by atoms with Gasteiger partial charge in [-0.25, -0.2) is 0 Å². The molecule has 0 amide bonds. The molecule has 0 bridgehead atoms. The van der Waals surface area contributed by atoms with Crippen molar-refractivity contribution in [2.24, 2.45) is 0 Å². The third-order valence-electron chi connectivity index (χ3n) is 4.33. The Morgan fingerprint density at radius 2 is 1.64 bits per heavy atom. The van der Waals surface area contributed by atoms with Gasteiger partial charge in [-0.05, 0) is 41.4 Å². The van der Waals surface area contributed by atoms with Crippen LogP contribution in [0.2, 0.25) is 0 Å². The van der Waals surface area contributed by atoms with Crippen molar-refractivity contribution < 1.29 is 4.65 Å². The van der Waals surface area contributed by atoms with Crippen molar-refractivity contribution in [2.45, 2.75) is 0 Å². The zero-order valence-electron chi connectivity index (χ0n) is 11.7. The van der Waals surface area contributed by atoms with E-state index in [-0.39, 0.29) is 7.05 Å². The van der Waals surface area contributed by atoms with Gasteiger partial charge in [-0.3, -0.25) is 0 Å². The number of anilines is 2. The Labute approximate surface area is 137 Å². The molecule has 0 fully saturated rings. The molecule has 0 saturated heterocycles. The smallest absolute Gasteiger partial charge is 0.524 e. The highest BCUT2D eigenvalue weighted by atomic mass is 79.9. The molecular weight excluding hydrogens is 337 g/mol. The van der Waals surface area contributed by atoms with E-state index >= 15 is 0 Å². The minimum absolute atomic E-state index is 0.0812. The van der Waals surface area contributed by atoms with E-state index in [1.165, 1.54) is 22.3 Å². The molecule has 0 saturated carbocycles. The molecule has 2 aliphatic rings. The Hall–Kier alpha value is -2.20. The number of nitrogens with zero attached hydrogens (tertiary/aromatic N) is 1. The predicted octanol–water partition coefficient (Wildman–Crippen LogP) is 4.36. The monoisotopic (exact) mass is 347 g/mol. The van der Waals surface area contributed by atoms with Crippen molar-refractivity contribution >= 4 is 39.8 Å². The first-order chi connectivity index (χ1) is 10.8. The zero-order chi connectivity index (χ0) is 14.7. The molecule has 0 unspecified atom stereocenters. The Kier molecular flexibility index (Phi) is 2.47. The number of fused-ring (bicyclic) bond motifs is 8. The summed E-state index contributed by atoms with van der Waals surface area (Å²) in [6.45, 7) is 0. The molecule has 0 atom stereocenters. The Morgan fingerprint density at radius 1 is 0.818 bits per heavy atom. The van der Waals surface area contributed by atoms with Crippen LogP contribution in [0.3, 0.4) is 0 Å². The summed E-state index contributed by atoms with van der Waals surface area (Å²) in [6, 6.07) is 23.2. The lowest BCUT2D eigenvalue weighted by atomic mass is 9.65. The minimum Gasteiger partial charge on any atom is -0.536 e. The summed E-state index contributed by atoms with van der Waals surface area (Å²) >= 11 is 3.60. The van der Waals surface area contributed by atoms with E-state index in [0.29, 0.717) is 0 Å². The summed E-state index contributed by atoms with van der Waals surface area (Å²) in [7, 11) is -0.0812. The molecule has 22 heavy (non-hydrogen) atoms. The zero-order valence-corrected chi connectivity index (χ0v) is 13.2. The largest absolute Gasteiger partial charge is 0.536 e. The summed E-state index contributed by atoms with van der Waals surface area (Å²) in [5.41, 5.74) is 6.01. The lowest BCUT2D eigenvalue weighted by Crippen LogP contribution is -2.50. The summed E-state index contributed by atoms with van der Waals surface area (Å²) in [6.07, 6.45) is 0. The van der Waals surface area contributed by atoms with Crippen molar-refractivity contribution in [3.05, 3.63) is 71.2 Å². The molecule has 2 aliphatic heterocycles. The van der Waals surface area contributed by atoms with Crippen LogP contribution in [0.1, 0.15) is 0 Å². The second kappa shape index (κ2) is 4.40. The van der Waals surface area contributed by atoms with E-state index in [0.717, 1.165) is 15.9 Å². The molecule has 3 aromatic carbocycles. The van der Waals surface area contributed by atoms with Gasteiger partial charge in [-0.2, -0.15) is 0 Å². The van der Waals surface area contributed by atoms with Gasteiger partial charge >= 0.3 is 7.05 Å². The molecule has 0 radical (unpaired) electrons. The molecule has 2 heterocycles. The maximum absolute atomic E-state index is 6.24. The van der Waals surface area contributed by atoms with Crippen LogP contribution in [0.4, 0.5) is 11.4 Å². The molecule has 0 N–H and O–H groups in total. The highest BCUT2D eigenvalue weighted by molar-refractivity contribution is 9.10. The fraction of sp³-hybridized carbons (Fsp3) is 0. The fourth-order valence-corrected chi connectivity index (χ4v) is 3.77. The number of halogens is 1. The lowest BCUT2D eigenvalue weighted by Gasteiger charge is -2.31. The number of hydrogen-bond acceptors (Lipinski definition) is 2. The van der Waals surface area contributed by atoms with E-state index in [4.69, 9.17) is 4.65 Å². The molecule has 0 spiro atoms. The van der Waals surface area contributed by atoms with Crippen molar-refractivity contribution in [1.29, 1.82) is 0 Å².